The van der Waals surface area contributed by atoms with Crippen LogP contribution in [0.4, 0.5) is 0 Å². The molecule has 1 rings (SSSR count). The third-order valence-corrected chi connectivity index (χ3v) is 2.36. The zero-order valence-electron chi connectivity index (χ0n) is 9.44. The Labute approximate surface area is 93.0 Å². The Kier molecular flexibility index (Phi) is 5.32. The van der Waals surface area contributed by atoms with E-state index >= 15 is 0 Å². The fraction of sp³-hybridized carbons (Fsp3) is 0.500. The molecule has 0 aromatic rings. The lowest BCUT2D eigenvalue weighted by atomic mass is 10.4. The third kappa shape index (κ3) is 4.00. The Morgan fingerprint density at radius 2 is 0.933 bits per heavy atom. The second kappa shape index (κ2) is 6.56. The minimum absolute atomic E-state index is 0.932. The lowest BCUT2D eigenvalue weighted by molar-refractivity contribution is -0.0111. The molecule has 3 nitrogen and oxygen atoms in total. The lowest BCUT2D eigenvalue weighted by Crippen LogP contribution is -2.54. The maximum absolute atomic E-state index is 3.78. The number of hydrogen-bond acceptors (Lipinski definition) is 3. The largest absolute Gasteiger partial charge is 0.274 e. The first-order valence-corrected chi connectivity index (χ1v) is 5.30. The average Bonchev–Trinajstić information content (AvgIpc) is 2.19. The second-order valence-corrected chi connectivity index (χ2v) is 3.85. The van der Waals surface area contributed by atoms with Gasteiger partial charge in [-0.2, -0.15) is 0 Å². The highest BCUT2D eigenvalue weighted by Gasteiger charge is 2.20. The van der Waals surface area contributed by atoms with Gasteiger partial charge in [0.15, 0.2) is 0 Å². The summed E-state index contributed by atoms with van der Waals surface area (Å²) in [5.74, 6) is 0. The van der Waals surface area contributed by atoms with E-state index < -0.39 is 0 Å². The summed E-state index contributed by atoms with van der Waals surface area (Å²) in [6.07, 6.45) is 5.84. The molecule has 1 saturated heterocycles. The van der Waals surface area contributed by atoms with Gasteiger partial charge >= 0.3 is 0 Å². The second-order valence-electron chi connectivity index (χ2n) is 3.85. The SMILES string of the molecule is C=CCN1CN(CC=C)CN(CC=C)C1. The molecule has 0 N–H and O–H groups in total. The summed E-state index contributed by atoms with van der Waals surface area (Å²) in [4.78, 5) is 7.05. The first kappa shape index (κ1) is 12.2. The summed E-state index contributed by atoms with van der Waals surface area (Å²) in [7, 11) is 0. The molecule has 0 radical (unpaired) electrons. The highest BCUT2D eigenvalue weighted by molar-refractivity contribution is 4.82. The van der Waals surface area contributed by atoms with Crippen molar-refractivity contribution in [2.45, 2.75) is 0 Å². The Bertz CT molecular complexity index is 181. The fourth-order valence-electron chi connectivity index (χ4n) is 1.88. The van der Waals surface area contributed by atoms with Crippen LogP contribution in [0, 0.1) is 0 Å². The van der Waals surface area contributed by atoms with Crippen molar-refractivity contribution in [2.24, 2.45) is 0 Å². The van der Waals surface area contributed by atoms with E-state index in [1.54, 1.807) is 0 Å². The van der Waals surface area contributed by atoms with Gasteiger partial charge in [0.1, 0.15) is 0 Å². The van der Waals surface area contributed by atoms with Crippen molar-refractivity contribution < 1.29 is 0 Å². The molecule has 1 aliphatic heterocycles. The predicted molar refractivity (Wildman–Crippen MR) is 65.3 cm³/mol. The minimum atomic E-state index is 0.932. The number of hydrogen-bond donors (Lipinski definition) is 0. The monoisotopic (exact) mass is 207 g/mol. The molecule has 3 heteroatoms. The Morgan fingerprint density at radius 3 is 1.13 bits per heavy atom. The summed E-state index contributed by atoms with van der Waals surface area (Å²) >= 11 is 0. The van der Waals surface area contributed by atoms with E-state index in [-0.39, 0.29) is 0 Å². The van der Waals surface area contributed by atoms with Gasteiger partial charge in [-0.1, -0.05) is 18.2 Å². The molecule has 0 saturated carbocycles. The van der Waals surface area contributed by atoms with Crippen molar-refractivity contribution >= 4 is 0 Å². The minimum Gasteiger partial charge on any atom is -0.274 e. The molecule has 1 aliphatic rings. The van der Waals surface area contributed by atoms with E-state index in [0.29, 0.717) is 0 Å². The van der Waals surface area contributed by atoms with E-state index in [9.17, 15) is 0 Å². The molecule has 0 unspecified atom stereocenters. The average molecular weight is 207 g/mol. The molecule has 1 heterocycles. The molecule has 0 atom stereocenters. The van der Waals surface area contributed by atoms with Crippen LogP contribution in [0.5, 0.6) is 0 Å². The van der Waals surface area contributed by atoms with E-state index in [1.807, 2.05) is 18.2 Å². The summed E-state index contributed by atoms with van der Waals surface area (Å²) in [6.45, 7) is 17.1. The summed E-state index contributed by atoms with van der Waals surface area (Å²) in [6, 6.07) is 0. The van der Waals surface area contributed by atoms with Crippen LogP contribution < -0.4 is 0 Å². The molecule has 0 aromatic carbocycles. The zero-order valence-corrected chi connectivity index (χ0v) is 9.44. The first-order chi connectivity index (χ1) is 7.30. The topological polar surface area (TPSA) is 9.72 Å². The lowest BCUT2D eigenvalue weighted by Gasteiger charge is -2.41. The number of nitrogens with zero attached hydrogens (tertiary/aromatic N) is 3. The normalized spacial score (nSPS) is 20.0. The van der Waals surface area contributed by atoms with Crippen LogP contribution in [0.25, 0.3) is 0 Å². The summed E-state index contributed by atoms with van der Waals surface area (Å²) in [5, 5.41) is 0. The first-order valence-electron chi connectivity index (χ1n) is 5.30. The van der Waals surface area contributed by atoms with Gasteiger partial charge in [-0.15, -0.1) is 19.7 Å². The van der Waals surface area contributed by atoms with Gasteiger partial charge in [0.05, 0.1) is 20.0 Å². The van der Waals surface area contributed by atoms with E-state index in [4.69, 9.17) is 0 Å². The van der Waals surface area contributed by atoms with Gasteiger partial charge in [0, 0.05) is 19.6 Å². The van der Waals surface area contributed by atoms with Crippen LogP contribution >= 0.6 is 0 Å². The summed E-state index contributed by atoms with van der Waals surface area (Å²) < 4.78 is 0. The van der Waals surface area contributed by atoms with E-state index in [2.05, 4.69) is 34.4 Å². The van der Waals surface area contributed by atoms with Crippen LogP contribution in [-0.2, 0) is 0 Å². The molecule has 84 valence electrons. The van der Waals surface area contributed by atoms with Crippen molar-refractivity contribution in [1.82, 2.24) is 14.7 Å². The van der Waals surface area contributed by atoms with Crippen molar-refractivity contribution in [3.05, 3.63) is 38.0 Å². The molecule has 1 fully saturated rings. The van der Waals surface area contributed by atoms with Gasteiger partial charge in [0.25, 0.3) is 0 Å². The molecule has 15 heavy (non-hydrogen) atoms. The van der Waals surface area contributed by atoms with Gasteiger partial charge < -0.3 is 0 Å². The molecule has 0 amide bonds. The Hall–Kier alpha value is -0.900. The maximum Gasteiger partial charge on any atom is 0.0536 e. The fourth-order valence-corrected chi connectivity index (χ4v) is 1.88. The van der Waals surface area contributed by atoms with Crippen molar-refractivity contribution in [3.8, 4) is 0 Å². The van der Waals surface area contributed by atoms with Crippen molar-refractivity contribution in [3.63, 3.8) is 0 Å². The third-order valence-electron chi connectivity index (χ3n) is 2.36. The highest BCUT2D eigenvalue weighted by atomic mass is 15.5. The van der Waals surface area contributed by atoms with Crippen LogP contribution in [0.15, 0.2) is 38.0 Å². The van der Waals surface area contributed by atoms with Gasteiger partial charge in [0.2, 0.25) is 0 Å². The van der Waals surface area contributed by atoms with E-state index in [1.165, 1.54) is 0 Å². The van der Waals surface area contributed by atoms with Crippen LogP contribution in [0.2, 0.25) is 0 Å². The zero-order chi connectivity index (χ0) is 11.1. The molecular weight excluding hydrogens is 186 g/mol. The van der Waals surface area contributed by atoms with E-state index in [0.717, 1.165) is 39.6 Å². The van der Waals surface area contributed by atoms with Crippen LogP contribution in [0.1, 0.15) is 0 Å². The Morgan fingerprint density at radius 1 is 0.667 bits per heavy atom. The molecule has 0 aliphatic carbocycles. The van der Waals surface area contributed by atoms with Crippen molar-refractivity contribution in [1.29, 1.82) is 0 Å². The highest BCUT2D eigenvalue weighted by Crippen LogP contribution is 2.07. The van der Waals surface area contributed by atoms with Gasteiger partial charge in [-0.3, -0.25) is 14.7 Å². The summed E-state index contributed by atoms with van der Waals surface area (Å²) in [5.41, 5.74) is 0. The molecule has 0 spiro atoms. The molecular formula is C12H21N3. The number of rotatable bonds is 6. The molecule has 0 bridgehead atoms. The maximum atomic E-state index is 3.78. The van der Waals surface area contributed by atoms with Gasteiger partial charge in [-0.25, -0.2) is 0 Å². The Balaban J connectivity index is 2.50. The van der Waals surface area contributed by atoms with Crippen LogP contribution in [-0.4, -0.2) is 54.3 Å². The van der Waals surface area contributed by atoms with Gasteiger partial charge in [-0.05, 0) is 0 Å². The van der Waals surface area contributed by atoms with Crippen LogP contribution in [0.3, 0.4) is 0 Å². The molecule has 0 aromatic heterocycles. The van der Waals surface area contributed by atoms with Crippen molar-refractivity contribution in [2.75, 3.05) is 39.6 Å². The smallest absolute Gasteiger partial charge is 0.0536 e. The quantitative estimate of drug-likeness (QED) is 0.609. The standard InChI is InChI=1S/C12H21N3/c1-4-7-13-10-14(8-5-2)12-15(11-13)9-6-3/h4-6H,1-3,7-12H2. The predicted octanol–water partition coefficient (Wildman–Crippen LogP) is 1.34.